The fourth-order valence-corrected chi connectivity index (χ4v) is 1.58. The topological polar surface area (TPSA) is 24.9 Å². The van der Waals surface area contributed by atoms with Gasteiger partial charge in [0.1, 0.15) is 5.82 Å². The highest BCUT2D eigenvalue weighted by molar-refractivity contribution is 5.47. The van der Waals surface area contributed by atoms with E-state index in [2.05, 4.69) is 10.3 Å². The number of benzene rings is 1. The zero-order valence-corrected chi connectivity index (χ0v) is 9.62. The van der Waals surface area contributed by atoms with Crippen molar-refractivity contribution < 1.29 is 13.2 Å². The lowest BCUT2D eigenvalue weighted by molar-refractivity contribution is 0.495. The summed E-state index contributed by atoms with van der Waals surface area (Å²) in [6, 6.07) is 4.61. The third-order valence-electron chi connectivity index (χ3n) is 2.57. The molecule has 0 saturated heterocycles. The predicted molar refractivity (Wildman–Crippen MR) is 62.6 cm³/mol. The van der Waals surface area contributed by atoms with Gasteiger partial charge in [0.15, 0.2) is 11.6 Å². The third-order valence-corrected chi connectivity index (χ3v) is 2.57. The minimum absolute atomic E-state index is 0.0785. The van der Waals surface area contributed by atoms with E-state index < -0.39 is 17.5 Å². The molecule has 1 heterocycles. The summed E-state index contributed by atoms with van der Waals surface area (Å²) in [6.45, 7) is 1.78. The Morgan fingerprint density at radius 3 is 2.50 bits per heavy atom. The molecule has 0 saturated carbocycles. The molecule has 0 radical (unpaired) electrons. The van der Waals surface area contributed by atoms with Gasteiger partial charge in [-0.15, -0.1) is 0 Å². The summed E-state index contributed by atoms with van der Waals surface area (Å²) in [4.78, 5) is 3.93. The van der Waals surface area contributed by atoms with Gasteiger partial charge in [0, 0.05) is 24.5 Å². The molecule has 2 nitrogen and oxygen atoms in total. The number of nitrogens with one attached hydrogen (secondary N) is 1. The first-order chi connectivity index (χ1) is 8.58. The number of halogens is 3. The maximum atomic E-state index is 13.4. The van der Waals surface area contributed by atoms with E-state index in [1.165, 1.54) is 0 Å². The first-order valence-corrected chi connectivity index (χ1v) is 5.39. The molecule has 0 bridgehead atoms. The van der Waals surface area contributed by atoms with Crippen molar-refractivity contribution in [1.82, 2.24) is 4.98 Å². The number of pyridine rings is 1. The average Bonchev–Trinajstić information content (AvgIpc) is 2.37. The van der Waals surface area contributed by atoms with Crippen molar-refractivity contribution in [3.8, 4) is 0 Å². The lowest BCUT2D eigenvalue weighted by Crippen LogP contribution is -2.09. The van der Waals surface area contributed by atoms with Crippen molar-refractivity contribution in [2.75, 3.05) is 5.32 Å². The largest absolute Gasteiger partial charge is 0.376 e. The van der Waals surface area contributed by atoms with Crippen LogP contribution in [0.1, 0.15) is 18.5 Å². The second-order valence-electron chi connectivity index (χ2n) is 3.90. The third kappa shape index (κ3) is 2.61. The second kappa shape index (κ2) is 5.08. The highest BCUT2D eigenvalue weighted by Gasteiger charge is 2.12. The van der Waals surface area contributed by atoms with Gasteiger partial charge in [-0.3, -0.25) is 4.98 Å². The van der Waals surface area contributed by atoms with Crippen LogP contribution in [0, 0.1) is 17.5 Å². The van der Waals surface area contributed by atoms with Gasteiger partial charge in [-0.2, -0.15) is 0 Å². The summed E-state index contributed by atoms with van der Waals surface area (Å²) >= 11 is 0. The maximum Gasteiger partial charge on any atom is 0.161 e. The summed E-state index contributed by atoms with van der Waals surface area (Å²) in [5.74, 6) is -3.12. The molecular formula is C13H11F3N2. The number of nitrogens with zero attached hydrogens (tertiary/aromatic N) is 1. The van der Waals surface area contributed by atoms with E-state index in [0.717, 1.165) is 11.6 Å². The van der Waals surface area contributed by atoms with Crippen LogP contribution in [-0.2, 0) is 0 Å². The van der Waals surface area contributed by atoms with E-state index in [4.69, 9.17) is 0 Å². The van der Waals surface area contributed by atoms with Crippen molar-refractivity contribution in [3.63, 3.8) is 0 Å². The Hall–Kier alpha value is -2.04. The Labute approximate surface area is 102 Å². The highest BCUT2D eigenvalue weighted by atomic mass is 19.2. The summed E-state index contributed by atoms with van der Waals surface area (Å²) in [5, 5.41) is 2.77. The zero-order chi connectivity index (χ0) is 13.1. The number of hydrogen-bond acceptors (Lipinski definition) is 2. The van der Waals surface area contributed by atoms with E-state index in [-0.39, 0.29) is 11.7 Å². The Morgan fingerprint density at radius 2 is 1.83 bits per heavy atom. The van der Waals surface area contributed by atoms with Gasteiger partial charge < -0.3 is 5.32 Å². The van der Waals surface area contributed by atoms with Crippen molar-refractivity contribution in [2.45, 2.75) is 13.0 Å². The lowest BCUT2D eigenvalue weighted by atomic mass is 10.1. The van der Waals surface area contributed by atoms with Gasteiger partial charge in [-0.1, -0.05) is 6.07 Å². The van der Waals surface area contributed by atoms with E-state index in [1.54, 1.807) is 25.4 Å². The van der Waals surface area contributed by atoms with Crippen LogP contribution in [-0.4, -0.2) is 4.98 Å². The van der Waals surface area contributed by atoms with Crippen molar-refractivity contribution in [3.05, 3.63) is 59.7 Å². The highest BCUT2D eigenvalue weighted by Crippen LogP contribution is 2.23. The molecule has 1 atom stereocenters. The molecule has 0 spiro atoms. The molecule has 2 aromatic rings. The SMILES string of the molecule is CC(Nc1cc(F)c(F)cc1F)c1cccnc1. The van der Waals surface area contributed by atoms with E-state index in [0.29, 0.717) is 6.07 Å². The minimum atomic E-state index is -1.20. The quantitative estimate of drug-likeness (QED) is 0.843. The first kappa shape index (κ1) is 12.4. The number of anilines is 1. The molecule has 1 aromatic carbocycles. The van der Waals surface area contributed by atoms with E-state index >= 15 is 0 Å². The molecular weight excluding hydrogens is 241 g/mol. The molecule has 0 fully saturated rings. The molecule has 0 aliphatic heterocycles. The minimum Gasteiger partial charge on any atom is -0.376 e. The van der Waals surface area contributed by atoms with Crippen LogP contribution < -0.4 is 5.32 Å². The standard InChI is InChI=1S/C13H11F3N2/c1-8(9-3-2-4-17-7-9)18-13-6-11(15)10(14)5-12(13)16/h2-8,18H,1H3. The van der Waals surface area contributed by atoms with Gasteiger partial charge in [0.25, 0.3) is 0 Å². The van der Waals surface area contributed by atoms with Gasteiger partial charge in [-0.05, 0) is 18.6 Å². The molecule has 94 valence electrons. The Kier molecular flexibility index (Phi) is 3.50. The fraction of sp³-hybridized carbons (Fsp3) is 0.154. The fourth-order valence-electron chi connectivity index (χ4n) is 1.58. The number of rotatable bonds is 3. The Balaban J connectivity index is 2.22. The van der Waals surface area contributed by atoms with Crippen LogP contribution in [0.2, 0.25) is 0 Å². The number of hydrogen-bond donors (Lipinski definition) is 1. The summed E-state index contributed by atoms with van der Waals surface area (Å²) in [7, 11) is 0. The molecule has 1 N–H and O–H groups in total. The van der Waals surface area contributed by atoms with Crippen LogP contribution in [0.3, 0.4) is 0 Å². The molecule has 1 aromatic heterocycles. The van der Waals surface area contributed by atoms with Crippen molar-refractivity contribution in [2.24, 2.45) is 0 Å². The Bertz CT molecular complexity index is 543. The van der Waals surface area contributed by atoms with Crippen LogP contribution in [0.15, 0.2) is 36.7 Å². The molecule has 2 rings (SSSR count). The molecule has 0 aliphatic rings. The van der Waals surface area contributed by atoms with Crippen LogP contribution in [0.25, 0.3) is 0 Å². The zero-order valence-electron chi connectivity index (χ0n) is 9.62. The Morgan fingerprint density at radius 1 is 1.11 bits per heavy atom. The molecule has 5 heteroatoms. The predicted octanol–water partition coefficient (Wildman–Crippen LogP) is 3.67. The summed E-state index contributed by atoms with van der Waals surface area (Å²) < 4.78 is 39.2. The van der Waals surface area contributed by atoms with E-state index in [9.17, 15) is 13.2 Å². The van der Waals surface area contributed by atoms with E-state index in [1.807, 2.05) is 6.07 Å². The monoisotopic (exact) mass is 252 g/mol. The first-order valence-electron chi connectivity index (χ1n) is 5.39. The maximum absolute atomic E-state index is 13.4. The molecule has 1 unspecified atom stereocenters. The lowest BCUT2D eigenvalue weighted by Gasteiger charge is -2.16. The molecule has 0 aliphatic carbocycles. The van der Waals surface area contributed by atoms with Crippen molar-refractivity contribution in [1.29, 1.82) is 0 Å². The normalized spacial score (nSPS) is 12.2. The average molecular weight is 252 g/mol. The number of aromatic nitrogens is 1. The van der Waals surface area contributed by atoms with Gasteiger partial charge in [0.05, 0.1) is 11.7 Å². The summed E-state index contributed by atoms with van der Waals surface area (Å²) in [5.41, 5.74) is 0.742. The van der Waals surface area contributed by atoms with Crippen molar-refractivity contribution >= 4 is 5.69 Å². The van der Waals surface area contributed by atoms with Gasteiger partial charge >= 0.3 is 0 Å². The van der Waals surface area contributed by atoms with Gasteiger partial charge in [0.2, 0.25) is 0 Å². The molecule has 18 heavy (non-hydrogen) atoms. The summed E-state index contributed by atoms with van der Waals surface area (Å²) in [6.07, 6.45) is 3.24. The second-order valence-corrected chi connectivity index (χ2v) is 3.90. The van der Waals surface area contributed by atoms with Crippen LogP contribution in [0.4, 0.5) is 18.9 Å². The van der Waals surface area contributed by atoms with Crippen LogP contribution in [0.5, 0.6) is 0 Å². The smallest absolute Gasteiger partial charge is 0.161 e. The molecule has 0 amide bonds. The van der Waals surface area contributed by atoms with Gasteiger partial charge in [-0.25, -0.2) is 13.2 Å². The van der Waals surface area contributed by atoms with Crippen LogP contribution >= 0.6 is 0 Å².